The molecular weight excluding hydrogens is 292 g/mol. The van der Waals surface area contributed by atoms with Crippen molar-refractivity contribution in [3.63, 3.8) is 0 Å². The van der Waals surface area contributed by atoms with E-state index in [1.807, 2.05) is 0 Å². The highest BCUT2D eigenvalue weighted by atomic mass is 16.5. The zero-order chi connectivity index (χ0) is 16.4. The summed E-state index contributed by atoms with van der Waals surface area (Å²) in [6.07, 6.45) is 4.77. The first kappa shape index (κ1) is 16.0. The quantitative estimate of drug-likeness (QED) is 0.801. The van der Waals surface area contributed by atoms with E-state index in [0.717, 1.165) is 25.8 Å². The standard InChI is InChI=1S/C18H24N2O3/c1-3-13-6-4-5-11-19(13)16-12-17(21)20(18(16)22)14-7-9-15(23-2)10-8-14/h7-10,13,16H,3-6,11-12H2,1-2H3. The Kier molecular flexibility index (Phi) is 4.66. The van der Waals surface area contributed by atoms with Gasteiger partial charge in [0.1, 0.15) is 5.75 Å². The van der Waals surface area contributed by atoms with Crippen molar-refractivity contribution in [3.8, 4) is 5.75 Å². The van der Waals surface area contributed by atoms with E-state index in [-0.39, 0.29) is 17.9 Å². The van der Waals surface area contributed by atoms with Crippen molar-refractivity contribution < 1.29 is 14.3 Å². The lowest BCUT2D eigenvalue weighted by Gasteiger charge is -2.38. The Bertz CT molecular complexity index is 584. The number of rotatable bonds is 4. The number of anilines is 1. The van der Waals surface area contributed by atoms with Gasteiger partial charge in [0.15, 0.2) is 0 Å². The molecule has 0 bridgehead atoms. The second kappa shape index (κ2) is 6.71. The molecule has 2 fully saturated rings. The minimum atomic E-state index is -0.296. The molecule has 2 heterocycles. The number of imide groups is 1. The number of nitrogens with zero attached hydrogens (tertiary/aromatic N) is 2. The lowest BCUT2D eigenvalue weighted by Crippen LogP contribution is -2.49. The van der Waals surface area contributed by atoms with E-state index in [4.69, 9.17) is 4.74 Å². The molecule has 0 radical (unpaired) electrons. The summed E-state index contributed by atoms with van der Waals surface area (Å²) in [7, 11) is 1.60. The number of amides is 2. The van der Waals surface area contributed by atoms with E-state index in [1.165, 1.54) is 11.3 Å². The maximum Gasteiger partial charge on any atom is 0.251 e. The Balaban J connectivity index is 1.81. The largest absolute Gasteiger partial charge is 0.497 e. The van der Waals surface area contributed by atoms with Crippen LogP contribution in [0.5, 0.6) is 5.75 Å². The molecule has 0 spiro atoms. The van der Waals surface area contributed by atoms with E-state index in [1.54, 1.807) is 31.4 Å². The molecule has 124 valence electrons. The summed E-state index contributed by atoms with van der Waals surface area (Å²) in [5, 5.41) is 0. The molecule has 23 heavy (non-hydrogen) atoms. The van der Waals surface area contributed by atoms with Gasteiger partial charge < -0.3 is 4.74 Å². The maximum absolute atomic E-state index is 12.9. The Morgan fingerprint density at radius 1 is 1.17 bits per heavy atom. The summed E-state index contributed by atoms with van der Waals surface area (Å²) in [6, 6.07) is 7.21. The number of hydrogen-bond donors (Lipinski definition) is 0. The van der Waals surface area contributed by atoms with E-state index < -0.39 is 0 Å². The highest BCUT2D eigenvalue weighted by molar-refractivity contribution is 6.22. The van der Waals surface area contributed by atoms with Gasteiger partial charge in [-0.3, -0.25) is 14.5 Å². The lowest BCUT2D eigenvalue weighted by atomic mass is 9.97. The van der Waals surface area contributed by atoms with E-state index in [0.29, 0.717) is 23.9 Å². The smallest absolute Gasteiger partial charge is 0.251 e. The first-order valence-electron chi connectivity index (χ1n) is 8.42. The Morgan fingerprint density at radius 2 is 1.91 bits per heavy atom. The molecule has 0 aliphatic carbocycles. The van der Waals surface area contributed by atoms with Gasteiger partial charge in [-0.05, 0) is 50.1 Å². The van der Waals surface area contributed by atoms with Crippen molar-refractivity contribution in [3.05, 3.63) is 24.3 Å². The summed E-state index contributed by atoms with van der Waals surface area (Å²) >= 11 is 0. The van der Waals surface area contributed by atoms with Crippen molar-refractivity contribution in [2.45, 2.75) is 51.1 Å². The van der Waals surface area contributed by atoms with Crippen LogP contribution in [-0.2, 0) is 9.59 Å². The van der Waals surface area contributed by atoms with Gasteiger partial charge in [-0.2, -0.15) is 0 Å². The molecule has 2 aliphatic rings. The van der Waals surface area contributed by atoms with Crippen LogP contribution in [0.1, 0.15) is 39.0 Å². The third-order valence-corrected chi connectivity index (χ3v) is 5.00. The zero-order valence-electron chi connectivity index (χ0n) is 13.8. The molecule has 0 N–H and O–H groups in total. The summed E-state index contributed by atoms with van der Waals surface area (Å²) in [5.41, 5.74) is 0.633. The number of carbonyl (C=O) groups excluding carboxylic acids is 2. The topological polar surface area (TPSA) is 49.9 Å². The van der Waals surface area contributed by atoms with Crippen molar-refractivity contribution in [1.29, 1.82) is 0 Å². The van der Waals surface area contributed by atoms with Crippen LogP contribution in [0.15, 0.2) is 24.3 Å². The molecule has 2 unspecified atom stereocenters. The SMILES string of the molecule is CCC1CCCCN1C1CC(=O)N(c2ccc(OC)cc2)C1=O. The van der Waals surface area contributed by atoms with Gasteiger partial charge in [-0.1, -0.05) is 13.3 Å². The highest BCUT2D eigenvalue weighted by Crippen LogP contribution is 2.31. The highest BCUT2D eigenvalue weighted by Gasteiger charge is 2.44. The minimum Gasteiger partial charge on any atom is -0.497 e. The number of piperidine rings is 1. The average molecular weight is 316 g/mol. The second-order valence-corrected chi connectivity index (χ2v) is 6.28. The molecular formula is C18H24N2O3. The van der Waals surface area contributed by atoms with Crippen LogP contribution in [0.25, 0.3) is 0 Å². The van der Waals surface area contributed by atoms with Crippen LogP contribution in [0.4, 0.5) is 5.69 Å². The predicted octanol–water partition coefficient (Wildman–Crippen LogP) is 2.59. The van der Waals surface area contributed by atoms with Gasteiger partial charge in [0.25, 0.3) is 5.91 Å². The van der Waals surface area contributed by atoms with Gasteiger partial charge >= 0.3 is 0 Å². The predicted molar refractivity (Wildman–Crippen MR) is 88.5 cm³/mol. The number of hydrogen-bond acceptors (Lipinski definition) is 4. The van der Waals surface area contributed by atoms with Crippen molar-refractivity contribution >= 4 is 17.5 Å². The summed E-state index contributed by atoms with van der Waals surface area (Å²) in [4.78, 5) is 28.9. The summed E-state index contributed by atoms with van der Waals surface area (Å²) < 4.78 is 5.13. The summed E-state index contributed by atoms with van der Waals surface area (Å²) in [6.45, 7) is 3.07. The Labute approximate surface area is 137 Å². The summed E-state index contributed by atoms with van der Waals surface area (Å²) in [5.74, 6) is 0.526. The molecule has 5 heteroatoms. The molecule has 2 amide bonds. The van der Waals surface area contributed by atoms with Gasteiger partial charge in [-0.15, -0.1) is 0 Å². The van der Waals surface area contributed by atoms with E-state index in [9.17, 15) is 9.59 Å². The minimum absolute atomic E-state index is 0.0829. The van der Waals surface area contributed by atoms with Crippen LogP contribution in [0, 0.1) is 0 Å². The van der Waals surface area contributed by atoms with E-state index in [2.05, 4.69) is 11.8 Å². The van der Waals surface area contributed by atoms with Gasteiger partial charge in [0, 0.05) is 6.04 Å². The molecule has 1 aromatic rings. The van der Waals surface area contributed by atoms with Crippen LogP contribution in [-0.4, -0.2) is 42.5 Å². The van der Waals surface area contributed by atoms with Gasteiger partial charge in [-0.25, -0.2) is 4.90 Å². The first-order valence-corrected chi connectivity index (χ1v) is 8.42. The van der Waals surface area contributed by atoms with Crippen LogP contribution < -0.4 is 9.64 Å². The fourth-order valence-electron chi connectivity index (χ4n) is 3.75. The third-order valence-electron chi connectivity index (χ3n) is 5.00. The molecule has 1 aromatic carbocycles. The van der Waals surface area contributed by atoms with E-state index >= 15 is 0 Å². The second-order valence-electron chi connectivity index (χ2n) is 6.28. The number of ether oxygens (including phenoxy) is 1. The number of methoxy groups -OCH3 is 1. The number of likely N-dealkylation sites (tertiary alicyclic amines) is 1. The van der Waals surface area contributed by atoms with Crippen molar-refractivity contribution in [2.75, 3.05) is 18.6 Å². The fourth-order valence-corrected chi connectivity index (χ4v) is 3.75. The third kappa shape index (κ3) is 2.98. The monoisotopic (exact) mass is 316 g/mol. The number of benzene rings is 1. The van der Waals surface area contributed by atoms with Gasteiger partial charge in [0.05, 0.1) is 25.3 Å². The molecule has 0 saturated carbocycles. The van der Waals surface area contributed by atoms with Crippen molar-refractivity contribution in [2.24, 2.45) is 0 Å². The fraction of sp³-hybridized carbons (Fsp3) is 0.556. The molecule has 2 saturated heterocycles. The molecule has 2 atom stereocenters. The molecule has 0 aromatic heterocycles. The maximum atomic E-state index is 12.9. The Hall–Kier alpha value is -1.88. The Morgan fingerprint density at radius 3 is 2.57 bits per heavy atom. The average Bonchev–Trinajstić information content (AvgIpc) is 2.89. The zero-order valence-corrected chi connectivity index (χ0v) is 13.8. The van der Waals surface area contributed by atoms with Crippen molar-refractivity contribution in [1.82, 2.24) is 4.90 Å². The van der Waals surface area contributed by atoms with Gasteiger partial charge in [0.2, 0.25) is 5.91 Å². The number of carbonyl (C=O) groups is 2. The first-order chi connectivity index (χ1) is 11.2. The molecule has 5 nitrogen and oxygen atoms in total. The molecule has 2 aliphatic heterocycles. The molecule has 3 rings (SSSR count). The van der Waals surface area contributed by atoms with Crippen LogP contribution in [0.3, 0.4) is 0 Å². The normalized spacial score (nSPS) is 25.9. The van der Waals surface area contributed by atoms with Crippen LogP contribution in [0.2, 0.25) is 0 Å². The lowest BCUT2D eigenvalue weighted by molar-refractivity contribution is -0.123. The van der Waals surface area contributed by atoms with Crippen LogP contribution >= 0.6 is 0 Å².